The fourth-order valence-electron chi connectivity index (χ4n) is 1.28. The number of aryl methyl sites for hydroxylation is 1. The van der Waals surface area contributed by atoms with Gasteiger partial charge in [0.1, 0.15) is 0 Å². The Morgan fingerprint density at radius 3 is 3.18 bits per heavy atom. The van der Waals surface area contributed by atoms with Gasteiger partial charge in [-0.1, -0.05) is 6.58 Å². The molecule has 1 aromatic heterocycles. The number of hydrogen-bond donors (Lipinski definition) is 0. The van der Waals surface area contributed by atoms with Crippen molar-refractivity contribution in [3.8, 4) is 0 Å². The van der Waals surface area contributed by atoms with Gasteiger partial charge in [0.25, 0.3) is 0 Å². The maximum Gasteiger partial charge on any atom is 0.150 e. The highest BCUT2D eigenvalue weighted by Crippen LogP contribution is 1.95. The lowest BCUT2D eigenvalue weighted by atomic mass is 10.2. The molecule has 0 N–H and O–H groups in total. The van der Waals surface area contributed by atoms with Crippen molar-refractivity contribution < 1.29 is 0 Å². The molecule has 1 aliphatic rings. The third-order valence-corrected chi connectivity index (χ3v) is 2.02. The van der Waals surface area contributed by atoms with E-state index in [1.54, 1.807) is 0 Å². The number of nitrogens with zero attached hydrogens (tertiary/aromatic N) is 2. The summed E-state index contributed by atoms with van der Waals surface area (Å²) in [6.45, 7) is 6.76. The smallest absolute Gasteiger partial charge is 0.150 e. The lowest BCUT2D eigenvalue weighted by molar-refractivity contribution is 1.02. The molecule has 0 saturated heterocycles. The van der Waals surface area contributed by atoms with Gasteiger partial charge in [-0.3, -0.25) is 4.99 Å². The summed E-state index contributed by atoms with van der Waals surface area (Å²) in [5.74, 6) is 0. The zero-order valence-corrected chi connectivity index (χ0v) is 6.59. The van der Waals surface area contributed by atoms with E-state index in [2.05, 4.69) is 22.6 Å². The number of pyridine rings is 1. The normalized spacial score (nSPS) is 14.3. The summed E-state index contributed by atoms with van der Waals surface area (Å²) >= 11 is 0. The second-order valence-electron chi connectivity index (χ2n) is 2.85. The number of fused-ring (bicyclic) bond motifs is 1. The minimum atomic E-state index is 0.894. The van der Waals surface area contributed by atoms with Crippen molar-refractivity contribution >= 4 is 6.58 Å². The van der Waals surface area contributed by atoms with Crippen LogP contribution in [0.5, 0.6) is 0 Å². The summed E-state index contributed by atoms with van der Waals surface area (Å²) in [4.78, 5) is 8.59. The van der Waals surface area contributed by atoms with Crippen LogP contribution in [-0.2, 0) is 6.42 Å². The lowest BCUT2D eigenvalue weighted by Gasteiger charge is -1.93. The van der Waals surface area contributed by atoms with Gasteiger partial charge in [0, 0.05) is 12.2 Å². The third-order valence-electron chi connectivity index (χ3n) is 2.02. The van der Waals surface area contributed by atoms with Crippen molar-refractivity contribution in [2.45, 2.75) is 13.3 Å². The Morgan fingerprint density at radius 1 is 1.55 bits per heavy atom. The van der Waals surface area contributed by atoms with Gasteiger partial charge in [-0.05, 0) is 30.2 Å². The Hall–Kier alpha value is -1.18. The molecule has 0 aromatic carbocycles. The molecule has 2 heterocycles. The molecule has 0 spiro atoms. The highest BCUT2D eigenvalue weighted by atomic mass is 14.9. The molecule has 0 bridgehead atoms. The van der Waals surface area contributed by atoms with Crippen molar-refractivity contribution in [2.24, 2.45) is 4.99 Å². The summed E-state index contributed by atoms with van der Waals surface area (Å²) in [5, 5.41) is 1.03. The molecule has 0 unspecified atom stereocenters. The molecule has 0 fully saturated rings. The molecule has 1 aliphatic heterocycles. The first-order valence-corrected chi connectivity index (χ1v) is 3.77. The van der Waals surface area contributed by atoms with Crippen LogP contribution in [0, 0.1) is 6.92 Å². The Kier molecular flexibility index (Phi) is 1.28. The van der Waals surface area contributed by atoms with Gasteiger partial charge in [-0.2, -0.15) is 0 Å². The molecule has 2 rings (SSSR count). The third kappa shape index (κ3) is 0.946. The van der Waals surface area contributed by atoms with E-state index >= 15 is 0 Å². The average Bonchev–Trinajstić information content (AvgIpc) is 2.36. The van der Waals surface area contributed by atoms with E-state index < -0.39 is 0 Å². The maximum atomic E-state index is 4.32. The minimum Gasteiger partial charge on any atom is -0.266 e. The fourth-order valence-corrected chi connectivity index (χ4v) is 1.28. The van der Waals surface area contributed by atoms with Crippen molar-refractivity contribution in [1.29, 1.82) is 0 Å². The van der Waals surface area contributed by atoms with E-state index in [9.17, 15) is 0 Å². The Labute approximate surface area is 65.3 Å². The Morgan fingerprint density at radius 2 is 2.36 bits per heavy atom. The summed E-state index contributed by atoms with van der Waals surface area (Å²) < 4.78 is 0. The largest absolute Gasteiger partial charge is 0.266 e. The predicted octanol–water partition coefficient (Wildman–Crippen LogP) is -0.0240. The molecule has 2 nitrogen and oxygen atoms in total. The van der Waals surface area contributed by atoms with Gasteiger partial charge < -0.3 is 0 Å². The highest BCUT2D eigenvalue weighted by molar-refractivity contribution is 5.20. The van der Waals surface area contributed by atoms with Crippen LogP contribution in [0.3, 0.4) is 0 Å². The Bertz CT molecular complexity index is 393. The molecule has 0 saturated carbocycles. The van der Waals surface area contributed by atoms with E-state index in [0.29, 0.717) is 0 Å². The van der Waals surface area contributed by atoms with Gasteiger partial charge in [0.2, 0.25) is 0 Å². The maximum absolute atomic E-state index is 4.32. The van der Waals surface area contributed by atoms with Gasteiger partial charge in [-0.15, -0.1) is 0 Å². The monoisotopic (exact) mass is 146 g/mol. The fraction of sp³-hybridized carbons (Fsp3) is 0.333. The molecule has 2 heteroatoms. The van der Waals surface area contributed by atoms with Crippen molar-refractivity contribution in [3.05, 3.63) is 28.0 Å². The molecule has 1 aromatic rings. The van der Waals surface area contributed by atoms with Crippen LogP contribution < -0.4 is 10.7 Å². The molecular weight excluding hydrogens is 136 g/mol. The SMILES string of the molecule is C=c1cc2c(nc1C)=NCC2. The van der Waals surface area contributed by atoms with E-state index in [1.165, 1.54) is 5.56 Å². The van der Waals surface area contributed by atoms with E-state index in [-0.39, 0.29) is 0 Å². The van der Waals surface area contributed by atoms with Gasteiger partial charge >= 0.3 is 0 Å². The van der Waals surface area contributed by atoms with E-state index in [1.807, 2.05) is 6.92 Å². The van der Waals surface area contributed by atoms with Crippen molar-refractivity contribution in [2.75, 3.05) is 6.54 Å². The molecular formula is C9H10N2. The van der Waals surface area contributed by atoms with E-state index in [0.717, 1.165) is 29.4 Å². The molecule has 56 valence electrons. The first-order chi connectivity index (χ1) is 5.27. The second kappa shape index (κ2) is 2.16. The zero-order chi connectivity index (χ0) is 7.84. The van der Waals surface area contributed by atoms with Crippen molar-refractivity contribution in [1.82, 2.24) is 4.98 Å². The number of hydrogen-bond acceptors (Lipinski definition) is 2. The summed E-state index contributed by atoms with van der Waals surface area (Å²) in [5.41, 5.74) is 3.17. The number of rotatable bonds is 0. The molecule has 0 atom stereocenters. The summed E-state index contributed by atoms with van der Waals surface area (Å²) in [6, 6.07) is 2.09. The van der Waals surface area contributed by atoms with Crippen molar-refractivity contribution in [3.63, 3.8) is 0 Å². The minimum absolute atomic E-state index is 0.894. The quantitative estimate of drug-likeness (QED) is 0.505. The topological polar surface area (TPSA) is 25.2 Å². The van der Waals surface area contributed by atoms with Crippen LogP contribution in [0.4, 0.5) is 0 Å². The van der Waals surface area contributed by atoms with Gasteiger partial charge in [0.15, 0.2) is 5.49 Å². The molecule has 11 heavy (non-hydrogen) atoms. The first-order valence-electron chi connectivity index (χ1n) is 3.77. The number of aromatic nitrogens is 1. The Balaban J connectivity index is 2.81. The van der Waals surface area contributed by atoms with Crippen LogP contribution in [-0.4, -0.2) is 11.5 Å². The molecule has 0 amide bonds. The molecule has 0 aliphatic carbocycles. The van der Waals surface area contributed by atoms with Crippen LogP contribution in [0.2, 0.25) is 0 Å². The van der Waals surface area contributed by atoms with Crippen LogP contribution in [0.1, 0.15) is 11.3 Å². The van der Waals surface area contributed by atoms with Crippen LogP contribution in [0.15, 0.2) is 11.1 Å². The predicted molar refractivity (Wildman–Crippen MR) is 43.8 cm³/mol. The van der Waals surface area contributed by atoms with Gasteiger partial charge in [0.05, 0.1) is 0 Å². The average molecular weight is 146 g/mol. The van der Waals surface area contributed by atoms with Gasteiger partial charge in [-0.25, -0.2) is 4.98 Å². The molecule has 0 radical (unpaired) electrons. The standard InChI is InChI=1S/C9H10N2/c1-6-5-8-3-4-10-9(8)11-7(6)2/h5H,1,3-4H2,2H3. The lowest BCUT2D eigenvalue weighted by Crippen LogP contribution is -2.19. The van der Waals surface area contributed by atoms with Crippen LogP contribution in [0.25, 0.3) is 6.58 Å². The first kappa shape index (κ1) is 6.53. The van der Waals surface area contributed by atoms with E-state index in [4.69, 9.17) is 0 Å². The highest BCUT2D eigenvalue weighted by Gasteiger charge is 2.04. The second-order valence-corrected chi connectivity index (χ2v) is 2.85. The summed E-state index contributed by atoms with van der Waals surface area (Å²) in [6.07, 6.45) is 1.03. The van der Waals surface area contributed by atoms with Crippen LogP contribution >= 0.6 is 0 Å². The zero-order valence-electron chi connectivity index (χ0n) is 6.59. The summed E-state index contributed by atoms with van der Waals surface area (Å²) in [7, 11) is 0.